The lowest BCUT2D eigenvalue weighted by Gasteiger charge is -2.16. The van der Waals surface area contributed by atoms with Crippen molar-refractivity contribution in [1.29, 1.82) is 0 Å². The Labute approximate surface area is 106 Å². The van der Waals surface area contributed by atoms with Crippen LogP contribution in [0.2, 0.25) is 0 Å². The number of aromatic nitrogens is 2. The number of rotatable bonds is 5. The van der Waals surface area contributed by atoms with Gasteiger partial charge in [-0.2, -0.15) is 0 Å². The molecule has 1 atom stereocenters. The molecule has 1 aromatic heterocycles. The largest absolute Gasteiger partial charge is 0.481 e. The number of hydrogen-bond donors (Lipinski definition) is 1. The summed E-state index contributed by atoms with van der Waals surface area (Å²) in [7, 11) is 0. The summed E-state index contributed by atoms with van der Waals surface area (Å²) < 4.78 is 2.28. The molecule has 2 heterocycles. The summed E-state index contributed by atoms with van der Waals surface area (Å²) in [5, 5.41) is 8.81. The third-order valence-electron chi connectivity index (χ3n) is 3.91. The normalized spacial score (nSPS) is 24.6. The van der Waals surface area contributed by atoms with E-state index in [-0.39, 0.29) is 0 Å². The van der Waals surface area contributed by atoms with Gasteiger partial charge in [0, 0.05) is 31.7 Å². The van der Waals surface area contributed by atoms with Crippen LogP contribution < -0.4 is 0 Å². The third-order valence-corrected chi connectivity index (χ3v) is 3.91. The molecule has 1 saturated heterocycles. The minimum atomic E-state index is -0.676. The molecule has 0 radical (unpaired) electrons. The standard InChI is InChI=1S/C13H19N3O2/c17-13(18)5-10-3-4-15(7-10)8-12-6-14-9-16(12)11-1-2-11/h6,9-11H,1-5,7-8H2,(H,17,18). The maximum absolute atomic E-state index is 10.7. The summed E-state index contributed by atoms with van der Waals surface area (Å²) in [6.45, 7) is 2.82. The molecule has 1 aromatic rings. The summed E-state index contributed by atoms with van der Waals surface area (Å²) in [5.74, 6) is -0.357. The Morgan fingerprint density at radius 1 is 1.44 bits per heavy atom. The van der Waals surface area contributed by atoms with Crippen molar-refractivity contribution in [2.45, 2.75) is 38.3 Å². The fourth-order valence-electron chi connectivity index (χ4n) is 2.84. The molecule has 1 aliphatic carbocycles. The second-order valence-corrected chi connectivity index (χ2v) is 5.51. The van der Waals surface area contributed by atoms with Crippen molar-refractivity contribution in [2.24, 2.45) is 5.92 Å². The van der Waals surface area contributed by atoms with Crippen molar-refractivity contribution in [1.82, 2.24) is 14.5 Å². The van der Waals surface area contributed by atoms with Crippen LogP contribution in [0.1, 0.15) is 37.4 Å². The molecule has 1 saturated carbocycles. The van der Waals surface area contributed by atoms with E-state index in [0.717, 1.165) is 26.1 Å². The summed E-state index contributed by atoms with van der Waals surface area (Å²) >= 11 is 0. The zero-order chi connectivity index (χ0) is 12.5. The Balaban J connectivity index is 1.57. The van der Waals surface area contributed by atoms with Crippen LogP contribution in [0.4, 0.5) is 0 Å². The Morgan fingerprint density at radius 3 is 3.00 bits per heavy atom. The molecule has 0 aromatic carbocycles. The molecule has 2 fully saturated rings. The first-order valence-corrected chi connectivity index (χ1v) is 6.67. The van der Waals surface area contributed by atoms with Crippen molar-refractivity contribution in [3.8, 4) is 0 Å². The molecule has 5 heteroatoms. The number of aliphatic carboxylic acids is 1. The van der Waals surface area contributed by atoms with Gasteiger partial charge in [0.15, 0.2) is 0 Å². The topological polar surface area (TPSA) is 58.4 Å². The van der Waals surface area contributed by atoms with Crippen LogP contribution in [0.15, 0.2) is 12.5 Å². The van der Waals surface area contributed by atoms with E-state index in [1.165, 1.54) is 18.5 Å². The molecule has 5 nitrogen and oxygen atoms in total. The molecule has 1 N–H and O–H groups in total. The van der Waals surface area contributed by atoms with E-state index in [2.05, 4.69) is 14.5 Å². The maximum atomic E-state index is 10.7. The molecular formula is C13H19N3O2. The van der Waals surface area contributed by atoms with Gasteiger partial charge in [0.1, 0.15) is 0 Å². The summed E-state index contributed by atoms with van der Waals surface area (Å²) in [6.07, 6.45) is 7.72. The highest BCUT2D eigenvalue weighted by molar-refractivity contribution is 5.67. The Morgan fingerprint density at radius 2 is 2.28 bits per heavy atom. The van der Waals surface area contributed by atoms with Gasteiger partial charge >= 0.3 is 5.97 Å². The number of carboxylic acids is 1. The van der Waals surface area contributed by atoms with Crippen LogP contribution in [-0.4, -0.2) is 38.6 Å². The number of hydrogen-bond acceptors (Lipinski definition) is 3. The molecule has 0 amide bonds. The molecule has 1 aliphatic heterocycles. The Hall–Kier alpha value is -1.36. The molecule has 98 valence electrons. The van der Waals surface area contributed by atoms with Gasteiger partial charge in [0.2, 0.25) is 0 Å². The average Bonchev–Trinajstić information content (AvgIpc) is 2.91. The van der Waals surface area contributed by atoms with Gasteiger partial charge in [-0.05, 0) is 31.7 Å². The number of nitrogens with zero attached hydrogens (tertiary/aromatic N) is 3. The van der Waals surface area contributed by atoms with E-state index < -0.39 is 5.97 Å². The van der Waals surface area contributed by atoms with Crippen molar-refractivity contribution in [2.75, 3.05) is 13.1 Å². The van der Waals surface area contributed by atoms with E-state index in [9.17, 15) is 4.79 Å². The molecular weight excluding hydrogens is 230 g/mol. The van der Waals surface area contributed by atoms with Gasteiger partial charge in [0.25, 0.3) is 0 Å². The lowest BCUT2D eigenvalue weighted by molar-refractivity contribution is -0.138. The van der Waals surface area contributed by atoms with Gasteiger partial charge in [0.05, 0.1) is 12.0 Å². The second-order valence-electron chi connectivity index (χ2n) is 5.51. The van der Waals surface area contributed by atoms with E-state index >= 15 is 0 Å². The molecule has 0 bridgehead atoms. The van der Waals surface area contributed by atoms with E-state index in [1.54, 1.807) is 0 Å². The zero-order valence-electron chi connectivity index (χ0n) is 10.5. The quantitative estimate of drug-likeness (QED) is 0.859. The summed E-state index contributed by atoms with van der Waals surface area (Å²) in [5.41, 5.74) is 1.27. The van der Waals surface area contributed by atoms with Crippen molar-refractivity contribution >= 4 is 5.97 Å². The first-order valence-electron chi connectivity index (χ1n) is 6.67. The highest BCUT2D eigenvalue weighted by Gasteiger charge is 2.28. The number of carboxylic acid groups (broad SMARTS) is 1. The zero-order valence-corrected chi connectivity index (χ0v) is 10.5. The van der Waals surface area contributed by atoms with Crippen molar-refractivity contribution < 1.29 is 9.90 Å². The van der Waals surface area contributed by atoms with E-state index in [1.807, 2.05) is 12.5 Å². The van der Waals surface area contributed by atoms with E-state index in [4.69, 9.17) is 5.11 Å². The first kappa shape index (κ1) is 11.7. The van der Waals surface area contributed by atoms with Crippen LogP contribution in [0, 0.1) is 5.92 Å². The number of carbonyl (C=O) groups is 1. The van der Waals surface area contributed by atoms with Gasteiger partial charge < -0.3 is 9.67 Å². The molecule has 18 heavy (non-hydrogen) atoms. The predicted molar refractivity (Wildman–Crippen MR) is 66.1 cm³/mol. The van der Waals surface area contributed by atoms with Gasteiger partial charge in [-0.1, -0.05) is 0 Å². The number of imidazole rings is 1. The third kappa shape index (κ3) is 2.56. The fraction of sp³-hybridized carbons (Fsp3) is 0.692. The predicted octanol–water partition coefficient (Wildman–Crippen LogP) is 1.51. The van der Waals surface area contributed by atoms with Gasteiger partial charge in [-0.3, -0.25) is 9.69 Å². The van der Waals surface area contributed by atoms with Crippen LogP contribution in [-0.2, 0) is 11.3 Å². The first-order chi connectivity index (χ1) is 8.72. The molecule has 1 unspecified atom stereocenters. The van der Waals surface area contributed by atoms with Crippen molar-refractivity contribution in [3.63, 3.8) is 0 Å². The summed E-state index contributed by atoms with van der Waals surface area (Å²) in [6, 6.07) is 0.667. The number of likely N-dealkylation sites (tertiary alicyclic amines) is 1. The second kappa shape index (κ2) is 4.72. The Bertz CT molecular complexity index is 439. The van der Waals surface area contributed by atoms with E-state index in [0.29, 0.717) is 18.4 Å². The minimum absolute atomic E-state index is 0.304. The van der Waals surface area contributed by atoms with Crippen LogP contribution in [0.25, 0.3) is 0 Å². The maximum Gasteiger partial charge on any atom is 0.303 e. The van der Waals surface area contributed by atoms with Crippen LogP contribution in [0.3, 0.4) is 0 Å². The lowest BCUT2D eigenvalue weighted by atomic mass is 10.1. The SMILES string of the molecule is O=C(O)CC1CCN(Cc2cncn2C2CC2)C1. The minimum Gasteiger partial charge on any atom is -0.481 e. The summed E-state index contributed by atoms with van der Waals surface area (Å²) in [4.78, 5) is 17.3. The monoisotopic (exact) mass is 249 g/mol. The van der Waals surface area contributed by atoms with Crippen molar-refractivity contribution in [3.05, 3.63) is 18.2 Å². The lowest BCUT2D eigenvalue weighted by Crippen LogP contribution is -2.22. The highest BCUT2D eigenvalue weighted by atomic mass is 16.4. The smallest absolute Gasteiger partial charge is 0.303 e. The molecule has 2 aliphatic rings. The van der Waals surface area contributed by atoms with Crippen LogP contribution >= 0.6 is 0 Å². The Kier molecular flexibility index (Phi) is 3.07. The van der Waals surface area contributed by atoms with Gasteiger partial charge in [-0.25, -0.2) is 4.98 Å². The molecule has 0 spiro atoms. The van der Waals surface area contributed by atoms with Gasteiger partial charge in [-0.15, -0.1) is 0 Å². The fourth-order valence-corrected chi connectivity index (χ4v) is 2.84. The molecule has 3 rings (SSSR count). The van der Waals surface area contributed by atoms with Crippen LogP contribution in [0.5, 0.6) is 0 Å². The highest BCUT2D eigenvalue weighted by Crippen LogP contribution is 2.36. The average molecular weight is 249 g/mol.